The highest BCUT2D eigenvalue weighted by Crippen LogP contribution is 2.09. The summed E-state index contributed by atoms with van der Waals surface area (Å²) in [7, 11) is 0. The molecule has 1 saturated heterocycles. The van der Waals surface area contributed by atoms with Crippen LogP contribution in [0.2, 0.25) is 0 Å². The molecular weight excluding hydrogens is 183 g/mol. The molecule has 0 saturated carbocycles. The SMILES string of the molecule is CC1CN(c2ncc(F)cn2)CCN1. The van der Waals surface area contributed by atoms with Crippen molar-refractivity contribution in [3.05, 3.63) is 18.2 Å². The summed E-state index contributed by atoms with van der Waals surface area (Å²) in [6.45, 7) is 4.76. The van der Waals surface area contributed by atoms with Crippen LogP contribution in [0.15, 0.2) is 12.4 Å². The minimum absolute atomic E-state index is 0.392. The summed E-state index contributed by atoms with van der Waals surface area (Å²) in [6.07, 6.45) is 2.41. The Morgan fingerprint density at radius 3 is 2.86 bits per heavy atom. The van der Waals surface area contributed by atoms with Crippen LogP contribution < -0.4 is 10.2 Å². The van der Waals surface area contributed by atoms with Crippen molar-refractivity contribution in [2.75, 3.05) is 24.5 Å². The molecule has 0 aromatic carbocycles. The monoisotopic (exact) mass is 196 g/mol. The maximum atomic E-state index is 12.6. The topological polar surface area (TPSA) is 41.1 Å². The third-order valence-electron chi connectivity index (χ3n) is 2.26. The molecule has 0 bridgehead atoms. The Hall–Kier alpha value is -1.23. The number of nitrogens with zero attached hydrogens (tertiary/aromatic N) is 3. The first kappa shape index (κ1) is 9.33. The van der Waals surface area contributed by atoms with E-state index in [4.69, 9.17) is 0 Å². The minimum atomic E-state index is -0.392. The number of piperazine rings is 1. The van der Waals surface area contributed by atoms with Gasteiger partial charge in [-0.2, -0.15) is 0 Å². The van der Waals surface area contributed by atoms with Gasteiger partial charge < -0.3 is 10.2 Å². The zero-order valence-electron chi connectivity index (χ0n) is 8.07. The molecule has 4 nitrogen and oxygen atoms in total. The molecule has 1 atom stereocenters. The molecule has 5 heteroatoms. The maximum absolute atomic E-state index is 12.6. The number of rotatable bonds is 1. The van der Waals surface area contributed by atoms with Crippen LogP contribution in [0, 0.1) is 5.82 Å². The van der Waals surface area contributed by atoms with Crippen LogP contribution in [-0.2, 0) is 0 Å². The molecule has 1 N–H and O–H groups in total. The van der Waals surface area contributed by atoms with Crippen molar-refractivity contribution in [1.29, 1.82) is 0 Å². The standard InChI is InChI=1S/C9H13FN4/c1-7-6-14(3-2-11-7)9-12-4-8(10)5-13-9/h4-5,7,11H,2-3,6H2,1H3. The zero-order valence-corrected chi connectivity index (χ0v) is 8.07. The second kappa shape index (κ2) is 3.88. The fourth-order valence-corrected chi connectivity index (χ4v) is 1.58. The van der Waals surface area contributed by atoms with Crippen LogP contribution in [-0.4, -0.2) is 35.6 Å². The Labute approximate surface area is 82.2 Å². The normalized spacial score (nSPS) is 22.4. The molecule has 1 aromatic heterocycles. The summed E-state index contributed by atoms with van der Waals surface area (Å²) in [5, 5.41) is 3.32. The van der Waals surface area contributed by atoms with E-state index < -0.39 is 5.82 Å². The molecule has 76 valence electrons. The van der Waals surface area contributed by atoms with Gasteiger partial charge in [-0.25, -0.2) is 14.4 Å². The summed E-state index contributed by atoms with van der Waals surface area (Å²) in [5.74, 6) is 0.219. The number of aromatic nitrogens is 2. The van der Waals surface area contributed by atoms with E-state index in [9.17, 15) is 4.39 Å². The van der Waals surface area contributed by atoms with Crippen molar-refractivity contribution in [1.82, 2.24) is 15.3 Å². The number of nitrogens with one attached hydrogen (secondary N) is 1. The molecule has 1 fully saturated rings. The second-order valence-electron chi connectivity index (χ2n) is 3.50. The number of halogens is 1. The van der Waals surface area contributed by atoms with Gasteiger partial charge in [-0.05, 0) is 6.92 Å². The van der Waals surface area contributed by atoms with Crippen molar-refractivity contribution in [2.45, 2.75) is 13.0 Å². The van der Waals surface area contributed by atoms with E-state index in [-0.39, 0.29) is 0 Å². The third kappa shape index (κ3) is 1.98. The molecule has 1 aliphatic rings. The van der Waals surface area contributed by atoms with E-state index >= 15 is 0 Å². The van der Waals surface area contributed by atoms with Gasteiger partial charge in [-0.1, -0.05) is 0 Å². The van der Waals surface area contributed by atoms with Crippen LogP contribution in [0.3, 0.4) is 0 Å². The Morgan fingerprint density at radius 1 is 1.50 bits per heavy atom. The smallest absolute Gasteiger partial charge is 0.225 e. The highest BCUT2D eigenvalue weighted by molar-refractivity contribution is 5.29. The fraction of sp³-hybridized carbons (Fsp3) is 0.556. The Balaban J connectivity index is 2.10. The molecule has 0 radical (unpaired) electrons. The minimum Gasteiger partial charge on any atom is -0.338 e. The first-order valence-corrected chi connectivity index (χ1v) is 4.71. The number of anilines is 1. The maximum Gasteiger partial charge on any atom is 0.225 e. The van der Waals surface area contributed by atoms with E-state index in [1.54, 1.807) is 0 Å². The van der Waals surface area contributed by atoms with Gasteiger partial charge in [-0.3, -0.25) is 0 Å². The summed E-state index contributed by atoms with van der Waals surface area (Å²) >= 11 is 0. The van der Waals surface area contributed by atoms with E-state index in [0.29, 0.717) is 12.0 Å². The summed E-state index contributed by atoms with van der Waals surface area (Å²) < 4.78 is 12.6. The van der Waals surface area contributed by atoms with Gasteiger partial charge in [0, 0.05) is 25.7 Å². The molecular formula is C9H13FN4. The Kier molecular flexibility index (Phi) is 2.58. The molecule has 2 rings (SSSR count). The van der Waals surface area contributed by atoms with E-state index in [1.807, 2.05) is 0 Å². The van der Waals surface area contributed by atoms with Gasteiger partial charge in [0.15, 0.2) is 5.82 Å². The van der Waals surface area contributed by atoms with Gasteiger partial charge in [0.05, 0.1) is 12.4 Å². The zero-order chi connectivity index (χ0) is 9.97. The molecule has 1 unspecified atom stereocenters. The molecule has 0 amide bonds. The van der Waals surface area contributed by atoms with Gasteiger partial charge in [0.1, 0.15) is 0 Å². The van der Waals surface area contributed by atoms with Crippen LogP contribution in [0.4, 0.5) is 10.3 Å². The lowest BCUT2D eigenvalue weighted by atomic mass is 10.2. The fourth-order valence-electron chi connectivity index (χ4n) is 1.58. The van der Waals surface area contributed by atoms with Crippen LogP contribution in [0.5, 0.6) is 0 Å². The first-order valence-electron chi connectivity index (χ1n) is 4.71. The summed E-state index contributed by atoms with van der Waals surface area (Å²) in [6, 6.07) is 0.428. The second-order valence-corrected chi connectivity index (χ2v) is 3.50. The predicted octanol–water partition coefficient (Wildman–Crippen LogP) is 0.414. The Bertz CT molecular complexity index is 300. The highest BCUT2D eigenvalue weighted by Gasteiger charge is 2.17. The molecule has 2 heterocycles. The van der Waals surface area contributed by atoms with E-state index in [1.165, 1.54) is 12.4 Å². The number of hydrogen-bond acceptors (Lipinski definition) is 4. The summed E-state index contributed by atoms with van der Waals surface area (Å²) in [5.41, 5.74) is 0. The highest BCUT2D eigenvalue weighted by atomic mass is 19.1. The lowest BCUT2D eigenvalue weighted by molar-refractivity contribution is 0.478. The average Bonchev–Trinajstić information content (AvgIpc) is 2.19. The van der Waals surface area contributed by atoms with Crippen molar-refractivity contribution >= 4 is 5.95 Å². The van der Waals surface area contributed by atoms with Crippen LogP contribution >= 0.6 is 0 Å². The van der Waals surface area contributed by atoms with Crippen LogP contribution in [0.1, 0.15) is 6.92 Å². The van der Waals surface area contributed by atoms with Gasteiger partial charge in [0.2, 0.25) is 5.95 Å². The number of hydrogen-bond donors (Lipinski definition) is 1. The lowest BCUT2D eigenvalue weighted by Crippen LogP contribution is -2.49. The van der Waals surface area contributed by atoms with Crippen molar-refractivity contribution in [2.24, 2.45) is 0 Å². The van der Waals surface area contributed by atoms with Crippen molar-refractivity contribution in [3.8, 4) is 0 Å². The van der Waals surface area contributed by atoms with E-state index in [0.717, 1.165) is 19.6 Å². The van der Waals surface area contributed by atoms with Gasteiger partial charge in [0.25, 0.3) is 0 Å². The predicted molar refractivity (Wildman–Crippen MR) is 51.7 cm³/mol. The molecule has 0 spiro atoms. The quantitative estimate of drug-likeness (QED) is 0.706. The molecule has 1 aromatic rings. The largest absolute Gasteiger partial charge is 0.338 e. The average molecular weight is 196 g/mol. The van der Waals surface area contributed by atoms with E-state index in [2.05, 4.69) is 27.1 Å². The van der Waals surface area contributed by atoms with Crippen LogP contribution in [0.25, 0.3) is 0 Å². The van der Waals surface area contributed by atoms with Crippen molar-refractivity contribution < 1.29 is 4.39 Å². The molecule has 1 aliphatic heterocycles. The summed E-state index contributed by atoms with van der Waals surface area (Å²) in [4.78, 5) is 9.95. The molecule has 14 heavy (non-hydrogen) atoms. The molecule has 0 aliphatic carbocycles. The lowest BCUT2D eigenvalue weighted by Gasteiger charge is -2.31. The Morgan fingerprint density at radius 2 is 2.21 bits per heavy atom. The first-order chi connectivity index (χ1) is 6.75. The van der Waals surface area contributed by atoms with Gasteiger partial charge >= 0.3 is 0 Å². The third-order valence-corrected chi connectivity index (χ3v) is 2.26. The van der Waals surface area contributed by atoms with Crippen molar-refractivity contribution in [3.63, 3.8) is 0 Å². The van der Waals surface area contributed by atoms with Gasteiger partial charge in [-0.15, -0.1) is 0 Å².